The highest BCUT2D eigenvalue weighted by molar-refractivity contribution is 7.91. The second-order valence-corrected chi connectivity index (χ2v) is 9.76. The van der Waals surface area contributed by atoms with Gasteiger partial charge < -0.3 is 9.31 Å². The van der Waals surface area contributed by atoms with Gasteiger partial charge in [0.25, 0.3) is 0 Å². The van der Waals surface area contributed by atoms with Crippen molar-refractivity contribution >= 4 is 27.4 Å². The average Bonchev–Trinajstić information content (AvgIpc) is 2.48. The van der Waals surface area contributed by atoms with Gasteiger partial charge in [0.2, 0.25) is 0 Å². The zero-order chi connectivity index (χ0) is 18.8. The monoisotopic (exact) mass is 381 g/mol. The fourth-order valence-corrected chi connectivity index (χ4v) is 3.51. The van der Waals surface area contributed by atoms with E-state index in [0.29, 0.717) is 22.6 Å². The summed E-state index contributed by atoms with van der Waals surface area (Å²) in [6.45, 7) is 3.45. The van der Waals surface area contributed by atoms with Crippen molar-refractivity contribution in [3.63, 3.8) is 0 Å². The molecule has 6 nitrogen and oxygen atoms in total. The fourth-order valence-electron chi connectivity index (χ4n) is 2.10. The molecule has 0 saturated heterocycles. The lowest BCUT2D eigenvalue weighted by Crippen LogP contribution is -2.13. The predicted octanol–water partition coefficient (Wildman–Crippen LogP) is 2.10. The zero-order valence-corrected chi connectivity index (χ0v) is 15.9. The van der Waals surface area contributed by atoms with Crippen LogP contribution in [0.15, 0.2) is 46.2 Å². The summed E-state index contributed by atoms with van der Waals surface area (Å²) < 4.78 is 56.9. The van der Waals surface area contributed by atoms with E-state index >= 15 is 0 Å². The topological polar surface area (TPSA) is 86.7 Å². The normalized spacial score (nSPS) is 11.8. The van der Waals surface area contributed by atoms with Crippen LogP contribution >= 0.6 is 0 Å². The highest BCUT2D eigenvalue weighted by Crippen LogP contribution is 2.24. The van der Waals surface area contributed by atoms with Crippen LogP contribution in [0.4, 0.5) is 0 Å². The summed E-state index contributed by atoms with van der Waals surface area (Å²) >= 11 is 0. The van der Waals surface area contributed by atoms with Gasteiger partial charge in [-0.3, -0.25) is 0 Å². The predicted molar refractivity (Wildman–Crippen MR) is 95.6 cm³/mol. The Balaban J connectivity index is 2.06. The van der Waals surface area contributed by atoms with Crippen LogP contribution in [0, 0.1) is 13.8 Å². The van der Waals surface area contributed by atoms with Crippen LogP contribution in [0.5, 0.6) is 11.5 Å². The van der Waals surface area contributed by atoms with E-state index in [4.69, 9.17) is 9.31 Å². The average molecular weight is 381 g/mol. The standard InChI is InChI=1S/C16H18BO6S2/c1-11-9-13(24(3,18)19)5-7-15(11)22-17-23-16-8-6-14(10-12(16)2)25(4,20)21/h5-10H,1-4H3. The maximum Gasteiger partial charge on any atom is 0.658 e. The number of rotatable bonds is 6. The van der Waals surface area contributed by atoms with Gasteiger partial charge in [-0.15, -0.1) is 0 Å². The Kier molecular flexibility index (Phi) is 5.48. The molecule has 2 rings (SSSR count). The number of hydrogen-bond donors (Lipinski definition) is 0. The third kappa shape index (κ3) is 4.99. The Morgan fingerprint density at radius 1 is 0.720 bits per heavy atom. The Morgan fingerprint density at radius 2 is 1.08 bits per heavy atom. The lowest BCUT2D eigenvalue weighted by Gasteiger charge is -2.12. The van der Waals surface area contributed by atoms with E-state index in [9.17, 15) is 16.8 Å². The molecule has 1 radical (unpaired) electrons. The first-order chi connectivity index (χ1) is 11.5. The summed E-state index contributed by atoms with van der Waals surface area (Å²) in [5, 5.41) is 0. The lowest BCUT2D eigenvalue weighted by molar-refractivity contribution is 0.454. The van der Waals surface area contributed by atoms with Crippen molar-refractivity contribution in [1.29, 1.82) is 0 Å². The quantitative estimate of drug-likeness (QED) is 0.713. The highest BCUT2D eigenvalue weighted by atomic mass is 32.2. The molecule has 0 aliphatic carbocycles. The molecule has 0 bridgehead atoms. The number of benzene rings is 2. The van der Waals surface area contributed by atoms with E-state index in [1.807, 2.05) is 0 Å². The molecule has 2 aromatic rings. The molecule has 2 aromatic carbocycles. The van der Waals surface area contributed by atoms with Gasteiger partial charge in [0.1, 0.15) is 11.5 Å². The third-order valence-corrected chi connectivity index (χ3v) is 5.72. The molecular weight excluding hydrogens is 363 g/mol. The molecule has 0 amide bonds. The summed E-state index contributed by atoms with van der Waals surface area (Å²) in [6, 6.07) is 9.04. The largest absolute Gasteiger partial charge is 0.658 e. The van der Waals surface area contributed by atoms with Crippen LogP contribution in [0.2, 0.25) is 0 Å². The highest BCUT2D eigenvalue weighted by Gasteiger charge is 2.13. The molecule has 25 heavy (non-hydrogen) atoms. The minimum absolute atomic E-state index is 0.213. The number of aryl methyl sites for hydroxylation is 2. The zero-order valence-electron chi connectivity index (χ0n) is 14.3. The van der Waals surface area contributed by atoms with Crippen molar-refractivity contribution in [2.75, 3.05) is 12.5 Å². The number of sulfone groups is 2. The Labute approximate surface area is 148 Å². The van der Waals surface area contributed by atoms with Gasteiger partial charge in [-0.05, 0) is 61.4 Å². The maximum absolute atomic E-state index is 11.5. The minimum atomic E-state index is -3.27. The van der Waals surface area contributed by atoms with Crippen LogP contribution in [-0.4, -0.2) is 37.0 Å². The molecule has 0 unspecified atom stereocenters. The first kappa shape index (κ1) is 19.3. The third-order valence-electron chi connectivity index (χ3n) is 3.50. The van der Waals surface area contributed by atoms with Crippen molar-refractivity contribution in [3.05, 3.63) is 47.5 Å². The van der Waals surface area contributed by atoms with Crippen LogP contribution in [0.25, 0.3) is 0 Å². The maximum atomic E-state index is 11.5. The SMILES string of the molecule is Cc1cc(S(C)(=O)=O)ccc1O[B]Oc1ccc(S(C)(=O)=O)cc1C. The van der Waals surface area contributed by atoms with Gasteiger partial charge in [0.15, 0.2) is 19.7 Å². The van der Waals surface area contributed by atoms with E-state index < -0.39 is 19.7 Å². The molecule has 0 spiro atoms. The van der Waals surface area contributed by atoms with Gasteiger partial charge in [0, 0.05) is 12.5 Å². The Bertz CT molecular complexity index is 916. The van der Waals surface area contributed by atoms with Crippen molar-refractivity contribution in [2.45, 2.75) is 23.6 Å². The van der Waals surface area contributed by atoms with E-state index in [2.05, 4.69) is 0 Å². The van der Waals surface area contributed by atoms with Crippen LogP contribution in [-0.2, 0) is 19.7 Å². The van der Waals surface area contributed by atoms with Crippen molar-refractivity contribution in [1.82, 2.24) is 0 Å². The second kappa shape index (κ2) is 7.09. The molecule has 0 N–H and O–H groups in total. The van der Waals surface area contributed by atoms with E-state index in [-0.39, 0.29) is 9.79 Å². The number of hydrogen-bond acceptors (Lipinski definition) is 6. The van der Waals surface area contributed by atoms with Crippen LogP contribution < -0.4 is 9.31 Å². The molecular formula is C16H18BO6S2. The summed E-state index contributed by atoms with van der Waals surface area (Å²) in [7, 11) is -5.43. The Hall–Kier alpha value is -2.00. The van der Waals surface area contributed by atoms with E-state index in [0.717, 1.165) is 20.2 Å². The lowest BCUT2D eigenvalue weighted by atomic mass is 10.2. The van der Waals surface area contributed by atoms with Crippen molar-refractivity contribution in [2.24, 2.45) is 0 Å². The molecule has 133 valence electrons. The van der Waals surface area contributed by atoms with Crippen molar-refractivity contribution in [3.8, 4) is 11.5 Å². The smallest absolute Gasteiger partial charge is 0.526 e. The molecule has 0 heterocycles. The fraction of sp³-hybridized carbons (Fsp3) is 0.250. The van der Waals surface area contributed by atoms with E-state index in [1.165, 1.54) is 24.3 Å². The first-order valence-corrected chi connectivity index (χ1v) is 11.0. The minimum Gasteiger partial charge on any atom is -0.526 e. The van der Waals surface area contributed by atoms with E-state index in [1.54, 1.807) is 26.0 Å². The first-order valence-electron chi connectivity index (χ1n) is 7.25. The molecule has 0 aliphatic heterocycles. The molecule has 0 atom stereocenters. The van der Waals surface area contributed by atoms with Gasteiger partial charge in [-0.1, -0.05) is 0 Å². The van der Waals surface area contributed by atoms with Gasteiger partial charge in [-0.2, -0.15) is 0 Å². The van der Waals surface area contributed by atoms with Gasteiger partial charge in [0.05, 0.1) is 9.79 Å². The molecule has 0 aliphatic rings. The molecule has 9 heteroatoms. The van der Waals surface area contributed by atoms with Crippen LogP contribution in [0.3, 0.4) is 0 Å². The second-order valence-electron chi connectivity index (χ2n) is 5.73. The molecule has 0 saturated carbocycles. The summed E-state index contributed by atoms with van der Waals surface area (Å²) in [6.07, 6.45) is 2.28. The van der Waals surface area contributed by atoms with Crippen LogP contribution in [0.1, 0.15) is 11.1 Å². The summed E-state index contributed by atoms with van der Waals surface area (Å²) in [5.41, 5.74) is 1.29. The van der Waals surface area contributed by atoms with Gasteiger partial charge >= 0.3 is 7.69 Å². The summed E-state index contributed by atoms with van der Waals surface area (Å²) in [4.78, 5) is 0.427. The van der Waals surface area contributed by atoms with Gasteiger partial charge in [-0.25, -0.2) is 16.8 Å². The Morgan fingerprint density at radius 3 is 1.36 bits per heavy atom. The molecule has 0 aromatic heterocycles. The van der Waals surface area contributed by atoms with Crippen molar-refractivity contribution < 1.29 is 26.1 Å². The molecule has 0 fully saturated rings. The summed E-state index contributed by atoms with van der Waals surface area (Å²) in [5.74, 6) is 0.913.